The monoisotopic (exact) mass is 296 g/mol. The molecule has 1 fully saturated rings. The number of carbonyl (C=O) groups is 1. The highest BCUT2D eigenvalue weighted by Crippen LogP contribution is 2.24. The van der Waals surface area contributed by atoms with Crippen LogP contribution in [0.25, 0.3) is 0 Å². The Morgan fingerprint density at radius 1 is 1.52 bits per heavy atom. The lowest BCUT2D eigenvalue weighted by atomic mass is 9.96. The predicted octanol–water partition coefficient (Wildman–Crippen LogP) is 1.89. The smallest absolute Gasteiger partial charge is 0.270 e. The first-order valence-electron chi connectivity index (χ1n) is 6.73. The zero-order valence-corrected chi connectivity index (χ0v) is 11.9. The number of piperidine rings is 1. The third-order valence-corrected chi connectivity index (χ3v) is 3.83. The van der Waals surface area contributed by atoms with Crippen molar-refractivity contribution in [3.05, 3.63) is 39.2 Å². The second-order valence-electron chi connectivity index (χ2n) is 5.47. The minimum absolute atomic E-state index is 0.0673. The standard InChI is InChI=1S/C14H17FN2O4/c1-8-5-10(17(20)21)6-11(13(8)15)14(19)16-4-3-12(18)9(2)7-16/h5-6,9,12,18H,3-4,7H2,1-2H3. The van der Waals surface area contributed by atoms with Crippen LogP contribution in [-0.4, -0.2) is 40.0 Å². The molecule has 6 nitrogen and oxygen atoms in total. The maximum atomic E-state index is 14.1. The first-order valence-corrected chi connectivity index (χ1v) is 6.73. The van der Waals surface area contributed by atoms with Crippen LogP contribution in [0.2, 0.25) is 0 Å². The van der Waals surface area contributed by atoms with Crippen molar-refractivity contribution in [1.29, 1.82) is 0 Å². The van der Waals surface area contributed by atoms with Crippen LogP contribution < -0.4 is 0 Å². The molecule has 2 rings (SSSR count). The van der Waals surface area contributed by atoms with Crippen LogP contribution in [0.15, 0.2) is 12.1 Å². The predicted molar refractivity (Wildman–Crippen MR) is 73.5 cm³/mol. The molecule has 1 aliphatic heterocycles. The van der Waals surface area contributed by atoms with Crippen LogP contribution in [0.3, 0.4) is 0 Å². The van der Waals surface area contributed by atoms with Crippen LogP contribution in [0.4, 0.5) is 10.1 Å². The van der Waals surface area contributed by atoms with E-state index in [1.165, 1.54) is 11.8 Å². The molecule has 1 saturated heterocycles. The number of rotatable bonds is 2. The molecule has 1 aromatic carbocycles. The number of aryl methyl sites for hydroxylation is 1. The minimum Gasteiger partial charge on any atom is -0.393 e. The number of nitrogens with zero attached hydrogens (tertiary/aromatic N) is 2. The van der Waals surface area contributed by atoms with Crippen molar-refractivity contribution in [2.24, 2.45) is 5.92 Å². The van der Waals surface area contributed by atoms with E-state index in [1.54, 1.807) is 6.92 Å². The fraction of sp³-hybridized carbons (Fsp3) is 0.500. The van der Waals surface area contributed by atoms with Gasteiger partial charge in [0.1, 0.15) is 5.82 Å². The van der Waals surface area contributed by atoms with E-state index in [0.717, 1.165) is 12.1 Å². The van der Waals surface area contributed by atoms with E-state index in [0.29, 0.717) is 19.5 Å². The van der Waals surface area contributed by atoms with Gasteiger partial charge < -0.3 is 10.0 Å². The molecule has 0 aromatic heterocycles. The van der Waals surface area contributed by atoms with Crippen molar-refractivity contribution < 1.29 is 19.2 Å². The Balaban J connectivity index is 2.33. The SMILES string of the molecule is Cc1cc([N+](=O)[O-])cc(C(=O)N2CCC(O)C(C)C2)c1F. The Hall–Kier alpha value is -2.02. The molecule has 0 radical (unpaired) electrons. The maximum absolute atomic E-state index is 14.1. The lowest BCUT2D eigenvalue weighted by molar-refractivity contribution is -0.385. The van der Waals surface area contributed by atoms with Crippen molar-refractivity contribution in [3.8, 4) is 0 Å². The summed E-state index contributed by atoms with van der Waals surface area (Å²) in [5.41, 5.74) is -0.523. The van der Waals surface area contributed by atoms with Gasteiger partial charge in [-0.05, 0) is 24.8 Å². The molecule has 114 valence electrons. The molecule has 21 heavy (non-hydrogen) atoms. The van der Waals surface area contributed by atoms with Crippen molar-refractivity contribution in [2.75, 3.05) is 13.1 Å². The van der Waals surface area contributed by atoms with Crippen molar-refractivity contribution >= 4 is 11.6 Å². The second kappa shape index (κ2) is 5.77. The molecule has 1 heterocycles. The van der Waals surface area contributed by atoms with Gasteiger partial charge in [0.2, 0.25) is 0 Å². The average Bonchev–Trinajstić information content (AvgIpc) is 2.43. The van der Waals surface area contributed by atoms with Gasteiger partial charge in [-0.1, -0.05) is 6.92 Å². The Morgan fingerprint density at radius 3 is 2.76 bits per heavy atom. The fourth-order valence-corrected chi connectivity index (χ4v) is 2.50. The van der Waals surface area contributed by atoms with Gasteiger partial charge in [0.25, 0.3) is 11.6 Å². The van der Waals surface area contributed by atoms with E-state index in [-0.39, 0.29) is 22.7 Å². The number of amides is 1. The highest BCUT2D eigenvalue weighted by atomic mass is 19.1. The summed E-state index contributed by atoms with van der Waals surface area (Å²) in [5.74, 6) is -1.41. The van der Waals surface area contributed by atoms with Gasteiger partial charge in [0.05, 0.1) is 16.6 Å². The zero-order valence-electron chi connectivity index (χ0n) is 11.9. The first-order chi connectivity index (χ1) is 9.81. The average molecular weight is 296 g/mol. The molecule has 0 aliphatic carbocycles. The van der Waals surface area contributed by atoms with E-state index in [1.807, 2.05) is 0 Å². The van der Waals surface area contributed by atoms with Gasteiger partial charge in [-0.15, -0.1) is 0 Å². The van der Waals surface area contributed by atoms with Crippen molar-refractivity contribution in [1.82, 2.24) is 4.90 Å². The van der Waals surface area contributed by atoms with E-state index in [2.05, 4.69) is 0 Å². The Kier molecular flexibility index (Phi) is 4.22. The minimum atomic E-state index is -0.732. The molecule has 1 aromatic rings. The van der Waals surface area contributed by atoms with Gasteiger partial charge in [-0.3, -0.25) is 14.9 Å². The number of halogens is 1. The number of aliphatic hydroxyl groups is 1. The summed E-state index contributed by atoms with van der Waals surface area (Å²) in [5, 5.41) is 20.5. The number of nitro groups is 1. The van der Waals surface area contributed by atoms with E-state index >= 15 is 0 Å². The fourth-order valence-electron chi connectivity index (χ4n) is 2.50. The number of likely N-dealkylation sites (tertiary alicyclic amines) is 1. The second-order valence-corrected chi connectivity index (χ2v) is 5.47. The zero-order chi connectivity index (χ0) is 15.7. The summed E-state index contributed by atoms with van der Waals surface area (Å²) in [6.45, 7) is 3.81. The molecule has 2 unspecified atom stereocenters. The summed E-state index contributed by atoms with van der Waals surface area (Å²) in [4.78, 5) is 24.0. The lowest BCUT2D eigenvalue weighted by Gasteiger charge is -2.34. The summed E-state index contributed by atoms with van der Waals surface area (Å²) in [7, 11) is 0. The molecule has 0 saturated carbocycles. The number of non-ortho nitro benzene ring substituents is 1. The number of hydrogen-bond acceptors (Lipinski definition) is 4. The normalized spacial score (nSPS) is 22.2. The number of aliphatic hydroxyl groups excluding tert-OH is 1. The molecule has 1 amide bonds. The van der Waals surface area contributed by atoms with Crippen LogP contribution in [0.1, 0.15) is 29.3 Å². The van der Waals surface area contributed by atoms with E-state index < -0.39 is 22.8 Å². The van der Waals surface area contributed by atoms with Crippen molar-refractivity contribution in [2.45, 2.75) is 26.4 Å². The van der Waals surface area contributed by atoms with Gasteiger partial charge >= 0.3 is 0 Å². The lowest BCUT2D eigenvalue weighted by Crippen LogP contribution is -2.45. The van der Waals surface area contributed by atoms with Gasteiger partial charge in [-0.25, -0.2) is 4.39 Å². The molecule has 7 heteroatoms. The molecule has 0 bridgehead atoms. The molecule has 2 atom stereocenters. The largest absolute Gasteiger partial charge is 0.393 e. The van der Waals surface area contributed by atoms with Crippen LogP contribution in [0.5, 0.6) is 0 Å². The van der Waals surface area contributed by atoms with Gasteiger partial charge in [0.15, 0.2) is 0 Å². The highest BCUT2D eigenvalue weighted by molar-refractivity contribution is 5.95. The topological polar surface area (TPSA) is 83.7 Å². The summed E-state index contributed by atoms with van der Waals surface area (Å²) in [6.07, 6.45) is -0.0617. The quantitative estimate of drug-likeness (QED) is 0.667. The van der Waals surface area contributed by atoms with E-state index in [4.69, 9.17) is 0 Å². The van der Waals surface area contributed by atoms with Gasteiger partial charge in [0, 0.05) is 25.2 Å². The van der Waals surface area contributed by atoms with Gasteiger partial charge in [-0.2, -0.15) is 0 Å². The number of carbonyl (C=O) groups excluding carboxylic acids is 1. The van der Waals surface area contributed by atoms with Crippen LogP contribution >= 0.6 is 0 Å². The first kappa shape index (κ1) is 15.4. The number of benzene rings is 1. The van der Waals surface area contributed by atoms with Crippen LogP contribution in [0, 0.1) is 28.8 Å². The third kappa shape index (κ3) is 3.02. The highest BCUT2D eigenvalue weighted by Gasteiger charge is 2.30. The maximum Gasteiger partial charge on any atom is 0.270 e. The summed E-state index contributed by atoms with van der Waals surface area (Å²) < 4.78 is 14.1. The number of nitro benzene ring substituents is 1. The Labute approximate surface area is 121 Å². The molecule has 1 aliphatic rings. The van der Waals surface area contributed by atoms with Crippen molar-refractivity contribution in [3.63, 3.8) is 0 Å². The number of hydrogen-bond donors (Lipinski definition) is 1. The molecule has 1 N–H and O–H groups in total. The summed E-state index contributed by atoms with van der Waals surface area (Å²) in [6, 6.07) is 2.08. The molecular weight excluding hydrogens is 279 g/mol. The molecule has 0 spiro atoms. The third-order valence-electron chi connectivity index (χ3n) is 3.83. The van der Waals surface area contributed by atoms with E-state index in [9.17, 15) is 24.4 Å². The Bertz CT molecular complexity index is 591. The summed E-state index contributed by atoms with van der Waals surface area (Å²) >= 11 is 0. The molecular formula is C14H17FN2O4. The Morgan fingerprint density at radius 2 is 2.19 bits per heavy atom. The van der Waals surface area contributed by atoms with Crippen LogP contribution in [-0.2, 0) is 0 Å².